The van der Waals surface area contributed by atoms with Crippen LogP contribution in [0.3, 0.4) is 0 Å². The van der Waals surface area contributed by atoms with Gasteiger partial charge in [-0.1, -0.05) is 63.3 Å². The molecular formula is C21H22O2. The lowest BCUT2D eigenvalue weighted by atomic mass is 9.55. The van der Waals surface area contributed by atoms with Gasteiger partial charge in [-0.2, -0.15) is 0 Å². The molecule has 4 aliphatic carbocycles. The van der Waals surface area contributed by atoms with Gasteiger partial charge in [-0.15, -0.1) is 0 Å². The van der Waals surface area contributed by atoms with Crippen molar-refractivity contribution in [1.29, 1.82) is 0 Å². The SMILES string of the molecule is CC1(C)C(=O)C(=O)C2=CC=CC3=C4C=CC=CC4CCC3C21C. The van der Waals surface area contributed by atoms with Gasteiger partial charge in [0.1, 0.15) is 0 Å². The van der Waals surface area contributed by atoms with Gasteiger partial charge in [-0.05, 0) is 29.9 Å². The number of fused-ring (bicyclic) bond motifs is 4. The predicted octanol–water partition coefficient (Wildman–Crippen LogP) is 4.12. The van der Waals surface area contributed by atoms with Crippen LogP contribution in [0.2, 0.25) is 0 Å². The average molecular weight is 306 g/mol. The Kier molecular flexibility index (Phi) is 2.88. The zero-order valence-electron chi connectivity index (χ0n) is 13.9. The lowest BCUT2D eigenvalue weighted by molar-refractivity contribution is -0.138. The van der Waals surface area contributed by atoms with Crippen molar-refractivity contribution in [2.24, 2.45) is 22.7 Å². The Balaban J connectivity index is 1.96. The minimum absolute atomic E-state index is 0.222. The minimum atomic E-state index is -0.653. The van der Waals surface area contributed by atoms with E-state index < -0.39 is 10.8 Å². The predicted molar refractivity (Wildman–Crippen MR) is 90.6 cm³/mol. The third-order valence-corrected chi connectivity index (χ3v) is 6.72. The Bertz CT molecular complexity index is 770. The van der Waals surface area contributed by atoms with Crippen molar-refractivity contribution in [2.75, 3.05) is 0 Å². The lowest BCUT2D eigenvalue weighted by Crippen LogP contribution is -2.43. The molecule has 0 saturated heterocycles. The number of ketones is 2. The van der Waals surface area contributed by atoms with Crippen molar-refractivity contribution < 1.29 is 9.59 Å². The fourth-order valence-corrected chi connectivity index (χ4v) is 5.00. The van der Waals surface area contributed by atoms with Gasteiger partial charge in [0.2, 0.25) is 11.6 Å². The van der Waals surface area contributed by atoms with E-state index in [1.54, 1.807) is 0 Å². The number of hydrogen-bond acceptors (Lipinski definition) is 2. The van der Waals surface area contributed by atoms with Crippen LogP contribution in [0.5, 0.6) is 0 Å². The monoisotopic (exact) mass is 306 g/mol. The Hall–Kier alpha value is -1.96. The highest BCUT2D eigenvalue weighted by molar-refractivity contribution is 6.48. The second-order valence-corrected chi connectivity index (χ2v) is 7.82. The first-order valence-electron chi connectivity index (χ1n) is 8.46. The van der Waals surface area contributed by atoms with Crippen molar-refractivity contribution in [2.45, 2.75) is 33.6 Å². The number of carbonyl (C=O) groups excluding carboxylic acids is 2. The number of rotatable bonds is 0. The number of hydrogen-bond donors (Lipinski definition) is 0. The summed E-state index contributed by atoms with van der Waals surface area (Å²) in [5.41, 5.74) is 2.30. The first-order valence-corrected chi connectivity index (χ1v) is 8.46. The molecular weight excluding hydrogens is 284 g/mol. The van der Waals surface area contributed by atoms with E-state index in [1.165, 1.54) is 11.1 Å². The maximum absolute atomic E-state index is 12.6. The zero-order valence-corrected chi connectivity index (χ0v) is 13.9. The fraction of sp³-hybridized carbons (Fsp3) is 0.429. The van der Waals surface area contributed by atoms with E-state index in [4.69, 9.17) is 0 Å². The summed E-state index contributed by atoms with van der Waals surface area (Å²) in [6.45, 7) is 6.03. The van der Waals surface area contributed by atoms with E-state index in [0.717, 1.165) is 12.8 Å². The molecule has 1 saturated carbocycles. The molecule has 0 amide bonds. The van der Waals surface area contributed by atoms with Gasteiger partial charge in [-0.3, -0.25) is 9.59 Å². The molecule has 0 aromatic carbocycles. The van der Waals surface area contributed by atoms with Gasteiger partial charge >= 0.3 is 0 Å². The Labute approximate surface area is 137 Å². The van der Waals surface area contributed by atoms with Crippen LogP contribution in [0, 0.1) is 22.7 Å². The van der Waals surface area contributed by atoms with Crippen LogP contribution in [0.4, 0.5) is 0 Å². The highest BCUT2D eigenvalue weighted by atomic mass is 16.2. The molecule has 4 aliphatic rings. The van der Waals surface area contributed by atoms with Crippen LogP contribution < -0.4 is 0 Å². The highest BCUT2D eigenvalue weighted by Gasteiger charge is 2.63. The van der Waals surface area contributed by atoms with Crippen LogP contribution in [0.1, 0.15) is 33.6 Å². The molecule has 0 N–H and O–H groups in total. The summed E-state index contributed by atoms with van der Waals surface area (Å²) in [6, 6.07) is 0. The maximum atomic E-state index is 12.6. The summed E-state index contributed by atoms with van der Waals surface area (Å²) >= 11 is 0. The summed E-state index contributed by atoms with van der Waals surface area (Å²) in [5.74, 6) is 0.180. The van der Waals surface area contributed by atoms with Crippen LogP contribution in [0.15, 0.2) is 59.3 Å². The molecule has 0 spiro atoms. The molecule has 3 atom stereocenters. The molecule has 0 bridgehead atoms. The Morgan fingerprint density at radius 2 is 1.70 bits per heavy atom. The average Bonchev–Trinajstić information content (AvgIpc) is 2.67. The van der Waals surface area contributed by atoms with Crippen LogP contribution in [-0.4, -0.2) is 11.6 Å². The minimum Gasteiger partial charge on any atom is -0.290 e. The van der Waals surface area contributed by atoms with E-state index in [-0.39, 0.29) is 17.5 Å². The summed E-state index contributed by atoms with van der Waals surface area (Å²) in [6.07, 6.45) is 16.8. The fourth-order valence-electron chi connectivity index (χ4n) is 5.00. The lowest BCUT2D eigenvalue weighted by Gasteiger charge is -2.47. The molecule has 0 radical (unpaired) electrons. The molecule has 3 unspecified atom stereocenters. The van der Waals surface area contributed by atoms with Crippen molar-refractivity contribution >= 4 is 11.6 Å². The first-order chi connectivity index (χ1) is 10.9. The Morgan fingerprint density at radius 3 is 2.48 bits per heavy atom. The molecule has 23 heavy (non-hydrogen) atoms. The van der Waals surface area contributed by atoms with Gasteiger partial charge in [-0.25, -0.2) is 0 Å². The summed E-state index contributed by atoms with van der Waals surface area (Å²) in [7, 11) is 0. The summed E-state index contributed by atoms with van der Waals surface area (Å²) in [4.78, 5) is 25.2. The molecule has 2 heteroatoms. The normalized spacial score (nSPS) is 37.3. The van der Waals surface area contributed by atoms with Gasteiger partial charge in [0.15, 0.2) is 0 Å². The number of carbonyl (C=O) groups is 2. The Morgan fingerprint density at radius 1 is 0.957 bits per heavy atom. The molecule has 0 aromatic heterocycles. The van der Waals surface area contributed by atoms with Gasteiger partial charge in [0, 0.05) is 22.3 Å². The van der Waals surface area contributed by atoms with Crippen molar-refractivity contribution in [3.05, 3.63) is 59.3 Å². The van der Waals surface area contributed by atoms with Crippen molar-refractivity contribution in [1.82, 2.24) is 0 Å². The summed E-state index contributed by atoms with van der Waals surface area (Å²) < 4.78 is 0. The second-order valence-electron chi connectivity index (χ2n) is 7.82. The molecule has 4 rings (SSSR count). The molecule has 2 nitrogen and oxygen atoms in total. The van der Waals surface area contributed by atoms with Crippen molar-refractivity contribution in [3.63, 3.8) is 0 Å². The highest BCUT2D eigenvalue weighted by Crippen LogP contribution is 2.62. The third-order valence-electron chi connectivity index (χ3n) is 6.72. The standard InChI is InChI=1S/C21H22O2/c1-20(2)19(23)18(22)17-10-6-9-15-14-8-5-4-7-13(14)11-12-16(15)21(17,20)3/h4-10,13,16H,11-12H2,1-3H3. The molecule has 0 heterocycles. The number of allylic oxidation sites excluding steroid dienone is 10. The van der Waals surface area contributed by atoms with E-state index >= 15 is 0 Å². The van der Waals surface area contributed by atoms with Crippen LogP contribution in [-0.2, 0) is 9.59 Å². The smallest absolute Gasteiger partial charge is 0.225 e. The molecule has 118 valence electrons. The van der Waals surface area contributed by atoms with Gasteiger partial charge < -0.3 is 0 Å². The van der Waals surface area contributed by atoms with E-state index in [2.05, 4.69) is 37.3 Å². The van der Waals surface area contributed by atoms with Gasteiger partial charge in [0.25, 0.3) is 0 Å². The molecule has 0 aliphatic heterocycles. The van der Waals surface area contributed by atoms with Gasteiger partial charge in [0.05, 0.1) is 0 Å². The number of Topliss-reactive ketones (excluding diaryl/α,β-unsaturated/α-hetero) is 2. The third kappa shape index (κ3) is 1.64. The van der Waals surface area contributed by atoms with E-state index in [9.17, 15) is 9.59 Å². The largest absolute Gasteiger partial charge is 0.290 e. The zero-order chi connectivity index (χ0) is 16.4. The van der Waals surface area contributed by atoms with E-state index in [1.807, 2.05) is 26.0 Å². The van der Waals surface area contributed by atoms with E-state index in [0.29, 0.717) is 11.5 Å². The maximum Gasteiger partial charge on any atom is 0.225 e. The van der Waals surface area contributed by atoms with Crippen LogP contribution in [0.25, 0.3) is 0 Å². The first kappa shape index (κ1) is 14.6. The van der Waals surface area contributed by atoms with Crippen LogP contribution >= 0.6 is 0 Å². The van der Waals surface area contributed by atoms with Crippen molar-refractivity contribution in [3.8, 4) is 0 Å². The second kappa shape index (κ2) is 4.53. The topological polar surface area (TPSA) is 34.1 Å². The quantitative estimate of drug-likeness (QED) is 0.631. The molecule has 1 fully saturated rings. The molecule has 0 aromatic rings. The summed E-state index contributed by atoms with van der Waals surface area (Å²) in [5, 5.41) is 0.